The Labute approximate surface area is 103 Å². The number of anilines is 1. The van der Waals surface area contributed by atoms with Gasteiger partial charge in [-0.2, -0.15) is 0 Å². The molecule has 90 valence electrons. The Morgan fingerprint density at radius 3 is 2.82 bits per heavy atom. The van der Waals surface area contributed by atoms with Gasteiger partial charge in [0.1, 0.15) is 11.0 Å². The molecule has 1 aromatic rings. The van der Waals surface area contributed by atoms with Crippen LogP contribution >= 0.6 is 11.8 Å². The van der Waals surface area contributed by atoms with Crippen LogP contribution in [0.4, 0.5) is 5.69 Å². The van der Waals surface area contributed by atoms with Crippen LogP contribution in [0.25, 0.3) is 4.91 Å². The SMILES string of the molecule is Cc1cc(N)c(O)c(C2=CCC(C(=O)O)S2)c1. The fourth-order valence-electron chi connectivity index (χ4n) is 1.78. The predicted octanol–water partition coefficient (Wildman–Crippen LogP) is 2.21. The molecule has 0 bridgehead atoms. The molecule has 0 amide bonds. The van der Waals surface area contributed by atoms with Crippen LogP contribution in [0.5, 0.6) is 5.75 Å². The number of carboxylic acid groups (broad SMARTS) is 1. The summed E-state index contributed by atoms with van der Waals surface area (Å²) in [5, 5.41) is 18.3. The van der Waals surface area contributed by atoms with Gasteiger partial charge in [-0.3, -0.25) is 4.79 Å². The maximum absolute atomic E-state index is 10.9. The summed E-state index contributed by atoms with van der Waals surface area (Å²) in [4.78, 5) is 11.6. The average Bonchev–Trinajstić information content (AvgIpc) is 2.72. The minimum absolute atomic E-state index is 0.0281. The molecular weight excluding hydrogens is 238 g/mol. The lowest BCUT2D eigenvalue weighted by Gasteiger charge is -2.10. The van der Waals surface area contributed by atoms with E-state index in [9.17, 15) is 9.90 Å². The summed E-state index contributed by atoms with van der Waals surface area (Å²) in [7, 11) is 0. The fourth-order valence-corrected chi connectivity index (χ4v) is 2.86. The van der Waals surface area contributed by atoms with Crippen LogP contribution in [-0.2, 0) is 4.79 Å². The number of rotatable bonds is 2. The average molecular weight is 251 g/mol. The molecule has 0 fully saturated rings. The Balaban J connectivity index is 2.34. The Hall–Kier alpha value is -1.62. The van der Waals surface area contributed by atoms with Gasteiger partial charge in [0.2, 0.25) is 0 Å². The lowest BCUT2D eigenvalue weighted by molar-refractivity contribution is -0.136. The third kappa shape index (κ3) is 2.24. The molecule has 1 aromatic carbocycles. The summed E-state index contributed by atoms with van der Waals surface area (Å²) >= 11 is 1.25. The zero-order valence-electron chi connectivity index (χ0n) is 9.30. The minimum Gasteiger partial charge on any atom is -0.505 e. The number of aromatic hydroxyl groups is 1. The molecule has 0 saturated heterocycles. The van der Waals surface area contributed by atoms with Crippen molar-refractivity contribution in [1.82, 2.24) is 0 Å². The largest absolute Gasteiger partial charge is 0.505 e. The molecule has 0 saturated carbocycles. The van der Waals surface area contributed by atoms with Crippen molar-refractivity contribution in [1.29, 1.82) is 0 Å². The topological polar surface area (TPSA) is 83.5 Å². The van der Waals surface area contributed by atoms with Gasteiger partial charge in [-0.05, 0) is 31.0 Å². The normalized spacial score (nSPS) is 19.1. The van der Waals surface area contributed by atoms with Crippen LogP contribution in [0, 0.1) is 6.92 Å². The molecule has 5 heteroatoms. The summed E-state index contributed by atoms with van der Waals surface area (Å²) < 4.78 is 0. The number of nitrogens with two attached hydrogens (primary N) is 1. The van der Waals surface area contributed by atoms with Gasteiger partial charge in [-0.15, -0.1) is 11.8 Å². The van der Waals surface area contributed by atoms with E-state index < -0.39 is 11.2 Å². The third-order valence-corrected chi connectivity index (χ3v) is 3.93. The van der Waals surface area contributed by atoms with Gasteiger partial charge >= 0.3 is 5.97 Å². The Morgan fingerprint density at radius 2 is 2.24 bits per heavy atom. The quantitative estimate of drug-likeness (QED) is 0.554. The molecular formula is C12H13NO3S. The number of aliphatic carboxylic acids is 1. The number of thioether (sulfide) groups is 1. The van der Waals surface area contributed by atoms with Gasteiger partial charge in [-0.1, -0.05) is 6.08 Å². The standard InChI is InChI=1S/C12H13NO3S/c1-6-4-7(11(14)8(13)5-6)9-2-3-10(17-9)12(15)16/h2,4-5,10,14H,3,13H2,1H3,(H,15,16). The fraction of sp³-hybridized carbons (Fsp3) is 0.250. The van der Waals surface area contributed by atoms with Crippen LogP contribution < -0.4 is 5.73 Å². The van der Waals surface area contributed by atoms with E-state index in [2.05, 4.69) is 0 Å². The van der Waals surface area contributed by atoms with Gasteiger partial charge in [0.25, 0.3) is 0 Å². The van der Waals surface area contributed by atoms with Crippen molar-refractivity contribution < 1.29 is 15.0 Å². The Morgan fingerprint density at radius 1 is 1.53 bits per heavy atom. The molecule has 0 aromatic heterocycles. The number of phenols is 1. The lowest BCUT2D eigenvalue weighted by Crippen LogP contribution is -2.12. The number of hydrogen-bond donors (Lipinski definition) is 3. The minimum atomic E-state index is -0.832. The highest BCUT2D eigenvalue weighted by molar-refractivity contribution is 8.09. The highest BCUT2D eigenvalue weighted by Gasteiger charge is 2.26. The van der Waals surface area contributed by atoms with E-state index in [0.717, 1.165) is 10.5 Å². The molecule has 0 spiro atoms. The first-order valence-corrected chi connectivity index (χ1v) is 6.06. The molecule has 17 heavy (non-hydrogen) atoms. The van der Waals surface area contributed by atoms with E-state index >= 15 is 0 Å². The number of carboxylic acids is 1. The number of phenolic OH excluding ortho intramolecular Hbond substituents is 1. The first kappa shape index (κ1) is 11.9. The number of benzene rings is 1. The number of carbonyl (C=O) groups is 1. The zero-order valence-corrected chi connectivity index (χ0v) is 10.1. The van der Waals surface area contributed by atoms with Crippen LogP contribution in [0.2, 0.25) is 0 Å². The van der Waals surface area contributed by atoms with E-state index in [1.54, 1.807) is 6.07 Å². The van der Waals surface area contributed by atoms with Crippen molar-refractivity contribution in [3.8, 4) is 5.75 Å². The zero-order chi connectivity index (χ0) is 12.6. The summed E-state index contributed by atoms with van der Waals surface area (Å²) in [6.45, 7) is 1.88. The van der Waals surface area contributed by atoms with Crippen LogP contribution in [-0.4, -0.2) is 21.4 Å². The molecule has 1 aliphatic rings. The summed E-state index contributed by atoms with van der Waals surface area (Å²) in [6.07, 6.45) is 2.31. The van der Waals surface area contributed by atoms with Gasteiger partial charge < -0.3 is 15.9 Å². The molecule has 1 atom stereocenters. The van der Waals surface area contributed by atoms with Crippen LogP contribution in [0.3, 0.4) is 0 Å². The highest BCUT2D eigenvalue weighted by Crippen LogP contribution is 2.44. The van der Waals surface area contributed by atoms with E-state index in [1.807, 2.05) is 19.1 Å². The molecule has 4 N–H and O–H groups in total. The van der Waals surface area contributed by atoms with Gasteiger partial charge in [-0.25, -0.2) is 0 Å². The van der Waals surface area contributed by atoms with E-state index in [0.29, 0.717) is 17.7 Å². The first-order valence-electron chi connectivity index (χ1n) is 5.18. The summed E-state index contributed by atoms with van der Waals surface area (Å²) in [5.74, 6) is -0.804. The van der Waals surface area contributed by atoms with Crippen molar-refractivity contribution in [2.24, 2.45) is 0 Å². The number of hydrogen-bond acceptors (Lipinski definition) is 4. The van der Waals surface area contributed by atoms with Crippen LogP contribution in [0.15, 0.2) is 18.2 Å². The smallest absolute Gasteiger partial charge is 0.317 e. The molecule has 1 unspecified atom stereocenters. The van der Waals surface area contributed by atoms with Crippen molar-refractivity contribution in [2.45, 2.75) is 18.6 Å². The maximum Gasteiger partial charge on any atom is 0.317 e. The molecule has 1 heterocycles. The molecule has 2 rings (SSSR count). The molecule has 0 radical (unpaired) electrons. The van der Waals surface area contributed by atoms with E-state index in [1.165, 1.54) is 11.8 Å². The second-order valence-electron chi connectivity index (χ2n) is 4.00. The molecule has 0 aliphatic carbocycles. The van der Waals surface area contributed by atoms with Gasteiger partial charge in [0, 0.05) is 10.5 Å². The number of aryl methyl sites for hydroxylation is 1. The van der Waals surface area contributed by atoms with Gasteiger partial charge in [0.15, 0.2) is 0 Å². The second kappa shape index (κ2) is 4.33. The van der Waals surface area contributed by atoms with E-state index in [4.69, 9.17) is 10.8 Å². The Kier molecular flexibility index (Phi) is 3.02. The third-order valence-electron chi connectivity index (χ3n) is 2.61. The molecule has 1 aliphatic heterocycles. The maximum atomic E-state index is 10.9. The molecule has 4 nitrogen and oxygen atoms in total. The summed E-state index contributed by atoms with van der Waals surface area (Å²) in [6, 6.07) is 3.50. The van der Waals surface area contributed by atoms with Crippen molar-refractivity contribution >= 4 is 28.3 Å². The highest BCUT2D eigenvalue weighted by atomic mass is 32.2. The van der Waals surface area contributed by atoms with E-state index in [-0.39, 0.29) is 5.75 Å². The summed E-state index contributed by atoms with van der Waals surface area (Å²) in [5.41, 5.74) is 7.56. The lowest BCUT2D eigenvalue weighted by atomic mass is 10.1. The Bertz CT molecular complexity index is 511. The number of nitrogen functional groups attached to an aromatic ring is 1. The van der Waals surface area contributed by atoms with Gasteiger partial charge in [0.05, 0.1) is 5.69 Å². The van der Waals surface area contributed by atoms with Crippen molar-refractivity contribution in [3.05, 3.63) is 29.3 Å². The van der Waals surface area contributed by atoms with Crippen molar-refractivity contribution in [2.75, 3.05) is 5.73 Å². The second-order valence-corrected chi connectivity index (χ2v) is 5.24. The number of allylic oxidation sites excluding steroid dienone is 1. The predicted molar refractivity (Wildman–Crippen MR) is 68.9 cm³/mol. The van der Waals surface area contributed by atoms with Crippen molar-refractivity contribution in [3.63, 3.8) is 0 Å². The van der Waals surface area contributed by atoms with Crippen LogP contribution in [0.1, 0.15) is 17.5 Å². The first-order chi connectivity index (χ1) is 7.99. The monoisotopic (exact) mass is 251 g/mol.